The maximum atomic E-state index is 12.8. The maximum Gasteiger partial charge on any atom is 0.238 e. The minimum Gasteiger partial charge on any atom is -0.331 e. The topological polar surface area (TPSA) is 82.3 Å². The highest BCUT2D eigenvalue weighted by molar-refractivity contribution is 7.80. The third-order valence-electron chi connectivity index (χ3n) is 3.54. The fraction of sp³-hybridized carbons (Fsp3) is 0.167. The molecule has 0 saturated carbocycles. The number of hydrogen-bond donors (Lipinski definition) is 4. The van der Waals surface area contributed by atoms with Crippen molar-refractivity contribution in [1.29, 1.82) is 0 Å². The Morgan fingerprint density at radius 1 is 1.00 bits per heavy atom. The monoisotopic (exact) mass is 408 g/mol. The SMILES string of the molecule is Cc1c(Cl)cccc1NC(=O)CCC(=O)NNC(=S)Nc1ccc(F)cc1. The van der Waals surface area contributed by atoms with E-state index in [1.54, 1.807) is 25.1 Å². The molecular weight excluding hydrogens is 391 g/mol. The largest absolute Gasteiger partial charge is 0.331 e. The van der Waals surface area contributed by atoms with E-state index in [1.165, 1.54) is 24.3 Å². The molecule has 0 atom stereocenters. The Hall–Kier alpha value is -2.71. The van der Waals surface area contributed by atoms with E-state index < -0.39 is 5.91 Å². The number of anilines is 2. The van der Waals surface area contributed by atoms with Crippen molar-refractivity contribution in [1.82, 2.24) is 10.9 Å². The van der Waals surface area contributed by atoms with Gasteiger partial charge in [0.1, 0.15) is 5.82 Å². The summed E-state index contributed by atoms with van der Waals surface area (Å²) in [5.74, 6) is -1.07. The molecule has 4 N–H and O–H groups in total. The molecule has 0 aliphatic carbocycles. The average Bonchev–Trinajstić information content (AvgIpc) is 2.64. The molecule has 2 aromatic carbocycles. The van der Waals surface area contributed by atoms with Crippen LogP contribution in [-0.2, 0) is 9.59 Å². The fourth-order valence-electron chi connectivity index (χ4n) is 2.07. The van der Waals surface area contributed by atoms with Gasteiger partial charge in [-0.05, 0) is 61.1 Å². The van der Waals surface area contributed by atoms with Crippen molar-refractivity contribution in [2.24, 2.45) is 0 Å². The number of halogens is 2. The molecule has 0 radical (unpaired) electrons. The van der Waals surface area contributed by atoms with Crippen LogP contribution >= 0.6 is 23.8 Å². The van der Waals surface area contributed by atoms with Crippen LogP contribution in [-0.4, -0.2) is 16.9 Å². The summed E-state index contributed by atoms with van der Waals surface area (Å²) in [6.45, 7) is 1.80. The van der Waals surface area contributed by atoms with E-state index in [4.69, 9.17) is 23.8 Å². The van der Waals surface area contributed by atoms with Crippen LogP contribution in [0.3, 0.4) is 0 Å². The summed E-state index contributed by atoms with van der Waals surface area (Å²) in [6, 6.07) is 10.8. The van der Waals surface area contributed by atoms with Crippen molar-refractivity contribution >= 4 is 52.1 Å². The van der Waals surface area contributed by atoms with E-state index in [0.717, 1.165) is 5.56 Å². The molecule has 142 valence electrons. The second kappa shape index (κ2) is 9.84. The van der Waals surface area contributed by atoms with Gasteiger partial charge in [0, 0.05) is 29.2 Å². The number of nitrogens with one attached hydrogen (secondary N) is 4. The Labute approximate surface area is 166 Å². The minimum atomic E-state index is -0.406. The number of hydrazine groups is 1. The molecule has 0 spiro atoms. The van der Waals surface area contributed by atoms with Crippen LogP contribution in [0.25, 0.3) is 0 Å². The summed E-state index contributed by atoms with van der Waals surface area (Å²) in [5, 5.41) is 6.18. The van der Waals surface area contributed by atoms with Crippen molar-refractivity contribution in [2.45, 2.75) is 19.8 Å². The Kier molecular flexibility index (Phi) is 7.51. The third-order valence-corrected chi connectivity index (χ3v) is 4.15. The first-order valence-electron chi connectivity index (χ1n) is 8.01. The highest BCUT2D eigenvalue weighted by Crippen LogP contribution is 2.23. The van der Waals surface area contributed by atoms with E-state index in [2.05, 4.69) is 21.5 Å². The van der Waals surface area contributed by atoms with Crippen molar-refractivity contribution in [3.63, 3.8) is 0 Å². The molecule has 0 aliphatic heterocycles. The molecule has 9 heteroatoms. The summed E-state index contributed by atoms with van der Waals surface area (Å²) in [4.78, 5) is 23.8. The molecule has 0 heterocycles. The van der Waals surface area contributed by atoms with E-state index in [0.29, 0.717) is 16.4 Å². The van der Waals surface area contributed by atoms with Gasteiger partial charge < -0.3 is 10.6 Å². The zero-order valence-corrected chi connectivity index (χ0v) is 16.0. The van der Waals surface area contributed by atoms with Crippen LogP contribution < -0.4 is 21.5 Å². The van der Waals surface area contributed by atoms with Crippen molar-refractivity contribution < 1.29 is 14.0 Å². The number of carbonyl (C=O) groups excluding carboxylic acids is 2. The molecule has 0 unspecified atom stereocenters. The summed E-state index contributed by atoms with van der Waals surface area (Å²) >= 11 is 11.0. The number of rotatable bonds is 5. The van der Waals surface area contributed by atoms with Crippen LogP contribution in [0.5, 0.6) is 0 Å². The molecule has 0 aromatic heterocycles. The quantitative estimate of drug-likeness (QED) is 0.449. The predicted molar refractivity (Wildman–Crippen MR) is 108 cm³/mol. The molecule has 27 heavy (non-hydrogen) atoms. The molecule has 0 fully saturated rings. The lowest BCUT2D eigenvalue weighted by Gasteiger charge is -2.12. The number of thiocarbonyl (C=S) groups is 1. The third kappa shape index (κ3) is 6.84. The van der Waals surface area contributed by atoms with E-state index in [-0.39, 0.29) is 29.7 Å². The van der Waals surface area contributed by atoms with E-state index >= 15 is 0 Å². The number of hydrogen-bond acceptors (Lipinski definition) is 3. The van der Waals surface area contributed by atoms with Gasteiger partial charge in [-0.15, -0.1) is 0 Å². The van der Waals surface area contributed by atoms with Gasteiger partial charge in [-0.2, -0.15) is 0 Å². The van der Waals surface area contributed by atoms with Gasteiger partial charge in [0.2, 0.25) is 11.8 Å². The first kappa shape index (κ1) is 20.6. The number of carbonyl (C=O) groups is 2. The zero-order chi connectivity index (χ0) is 19.8. The second-order valence-corrected chi connectivity index (χ2v) is 6.41. The summed E-state index contributed by atoms with van der Waals surface area (Å²) in [6.07, 6.45) is -0.0325. The molecule has 2 aromatic rings. The van der Waals surface area contributed by atoms with E-state index in [9.17, 15) is 14.0 Å². The van der Waals surface area contributed by atoms with Gasteiger partial charge in [-0.25, -0.2) is 4.39 Å². The van der Waals surface area contributed by atoms with Crippen molar-refractivity contribution in [3.8, 4) is 0 Å². The van der Waals surface area contributed by atoms with Crippen LogP contribution in [0.2, 0.25) is 5.02 Å². The summed E-state index contributed by atoms with van der Waals surface area (Å²) < 4.78 is 12.8. The Balaban J connectivity index is 1.70. The summed E-state index contributed by atoms with van der Waals surface area (Å²) in [5.41, 5.74) is 6.84. The molecule has 0 saturated heterocycles. The van der Waals surface area contributed by atoms with Gasteiger partial charge >= 0.3 is 0 Å². The first-order chi connectivity index (χ1) is 12.8. The number of benzene rings is 2. The Morgan fingerprint density at radius 3 is 2.37 bits per heavy atom. The summed E-state index contributed by atoms with van der Waals surface area (Å²) in [7, 11) is 0. The van der Waals surface area contributed by atoms with Gasteiger partial charge in [0.05, 0.1) is 0 Å². The lowest BCUT2D eigenvalue weighted by molar-refractivity contribution is -0.124. The lowest BCUT2D eigenvalue weighted by atomic mass is 10.2. The fourth-order valence-corrected chi connectivity index (χ4v) is 2.41. The maximum absolute atomic E-state index is 12.8. The van der Waals surface area contributed by atoms with Crippen LogP contribution in [0.1, 0.15) is 18.4 Å². The molecule has 2 rings (SSSR count). The van der Waals surface area contributed by atoms with Crippen molar-refractivity contribution in [3.05, 3.63) is 58.9 Å². The van der Waals surface area contributed by atoms with Crippen molar-refractivity contribution in [2.75, 3.05) is 10.6 Å². The molecule has 0 aliphatic rings. The van der Waals surface area contributed by atoms with Gasteiger partial charge in [-0.3, -0.25) is 20.4 Å². The van der Waals surface area contributed by atoms with Crippen LogP contribution in [0.15, 0.2) is 42.5 Å². The zero-order valence-electron chi connectivity index (χ0n) is 14.4. The number of amides is 2. The average molecular weight is 409 g/mol. The molecular formula is C18H18ClFN4O2S. The highest BCUT2D eigenvalue weighted by Gasteiger charge is 2.10. The van der Waals surface area contributed by atoms with E-state index in [1.807, 2.05) is 0 Å². The highest BCUT2D eigenvalue weighted by atomic mass is 35.5. The van der Waals surface area contributed by atoms with Gasteiger partial charge in [0.15, 0.2) is 5.11 Å². The molecule has 2 amide bonds. The molecule has 6 nitrogen and oxygen atoms in total. The van der Waals surface area contributed by atoms with Crippen LogP contribution in [0, 0.1) is 12.7 Å². The smallest absolute Gasteiger partial charge is 0.238 e. The Bertz CT molecular complexity index is 846. The second-order valence-electron chi connectivity index (χ2n) is 5.59. The minimum absolute atomic E-state index is 0.00236. The van der Waals surface area contributed by atoms with Gasteiger partial charge in [0.25, 0.3) is 0 Å². The van der Waals surface area contributed by atoms with Gasteiger partial charge in [-0.1, -0.05) is 17.7 Å². The lowest BCUT2D eigenvalue weighted by Crippen LogP contribution is -2.43. The standard InChI is InChI=1S/C18H18ClFN4O2S/c1-11-14(19)3-2-4-15(11)22-16(25)9-10-17(26)23-24-18(27)21-13-7-5-12(20)6-8-13/h2-8H,9-10H2,1H3,(H,22,25)(H,23,26)(H2,21,24,27). The van der Waals surface area contributed by atoms with Crippen LogP contribution in [0.4, 0.5) is 15.8 Å². The normalized spacial score (nSPS) is 10.0. The predicted octanol–water partition coefficient (Wildman–Crippen LogP) is 3.52. The first-order valence-corrected chi connectivity index (χ1v) is 8.80. The molecule has 0 bridgehead atoms. The Morgan fingerprint density at radius 2 is 1.67 bits per heavy atom.